The van der Waals surface area contributed by atoms with Gasteiger partial charge in [0.1, 0.15) is 0 Å². The van der Waals surface area contributed by atoms with Gasteiger partial charge in [-0.05, 0) is 19.4 Å². The third kappa shape index (κ3) is 1.86. The molecule has 1 aliphatic rings. The molecule has 1 atom stereocenters. The zero-order valence-corrected chi connectivity index (χ0v) is 9.58. The number of hydrogen-bond acceptors (Lipinski definition) is 4. The number of carbonyl (C=O) groups is 1. The first-order valence-electron chi connectivity index (χ1n) is 4.95. The molecule has 5 heteroatoms. The predicted octanol–water partition coefficient (Wildman–Crippen LogP) is 1.77. The number of carbonyl (C=O) groups excluding carboxylic acids is 1. The maximum absolute atomic E-state index is 10.9. The molecule has 0 spiro atoms. The van der Waals surface area contributed by atoms with Crippen molar-refractivity contribution in [1.29, 1.82) is 0 Å². The molecule has 4 nitrogen and oxygen atoms in total. The summed E-state index contributed by atoms with van der Waals surface area (Å²) in [7, 11) is 0. The van der Waals surface area contributed by atoms with Crippen molar-refractivity contribution < 1.29 is 14.3 Å². The predicted molar refractivity (Wildman–Crippen MR) is 60.3 cm³/mol. The summed E-state index contributed by atoms with van der Waals surface area (Å²) in [6.45, 7) is 2.01. The molecular formula is C11H12ClNO3. The van der Waals surface area contributed by atoms with Crippen molar-refractivity contribution in [3.8, 4) is 11.5 Å². The maximum Gasteiger partial charge on any atom is 0.231 e. The summed E-state index contributed by atoms with van der Waals surface area (Å²) >= 11 is 5.99. The first kappa shape index (κ1) is 11.2. The summed E-state index contributed by atoms with van der Waals surface area (Å²) in [6, 6.07) is 1.70. The molecule has 0 saturated carbocycles. The van der Waals surface area contributed by atoms with Crippen LogP contribution in [0, 0.1) is 0 Å². The highest BCUT2D eigenvalue weighted by atomic mass is 35.5. The number of benzene rings is 1. The van der Waals surface area contributed by atoms with Crippen LogP contribution in [0.25, 0.3) is 0 Å². The number of rotatable bonds is 3. The Labute approximate surface area is 98.3 Å². The summed E-state index contributed by atoms with van der Waals surface area (Å²) in [5, 5.41) is 0.370. The van der Waals surface area contributed by atoms with Gasteiger partial charge < -0.3 is 15.2 Å². The van der Waals surface area contributed by atoms with E-state index < -0.39 is 0 Å². The number of aldehydes is 1. The van der Waals surface area contributed by atoms with Crippen molar-refractivity contribution in [3.63, 3.8) is 0 Å². The van der Waals surface area contributed by atoms with E-state index in [1.54, 1.807) is 6.07 Å². The Balaban J connectivity index is 2.52. The van der Waals surface area contributed by atoms with Gasteiger partial charge in [0.15, 0.2) is 17.8 Å². The molecule has 1 heterocycles. The molecule has 0 aliphatic carbocycles. The first-order valence-corrected chi connectivity index (χ1v) is 5.33. The van der Waals surface area contributed by atoms with Crippen LogP contribution in [0.4, 0.5) is 0 Å². The monoisotopic (exact) mass is 241 g/mol. The summed E-state index contributed by atoms with van der Waals surface area (Å²) in [6.07, 6.45) is 1.30. The molecule has 0 amide bonds. The van der Waals surface area contributed by atoms with Crippen molar-refractivity contribution in [1.82, 2.24) is 0 Å². The van der Waals surface area contributed by atoms with E-state index in [4.69, 9.17) is 26.8 Å². The Hall–Kier alpha value is -1.26. The Morgan fingerprint density at radius 2 is 2.25 bits per heavy atom. The van der Waals surface area contributed by atoms with Gasteiger partial charge in [-0.3, -0.25) is 4.79 Å². The summed E-state index contributed by atoms with van der Waals surface area (Å²) in [4.78, 5) is 10.9. The molecule has 0 saturated heterocycles. The minimum Gasteiger partial charge on any atom is -0.453 e. The molecular weight excluding hydrogens is 230 g/mol. The quantitative estimate of drug-likeness (QED) is 0.820. The highest BCUT2D eigenvalue weighted by molar-refractivity contribution is 6.33. The van der Waals surface area contributed by atoms with Gasteiger partial charge in [0.2, 0.25) is 6.79 Å². The van der Waals surface area contributed by atoms with E-state index in [9.17, 15) is 4.79 Å². The molecule has 2 N–H and O–H groups in total. The van der Waals surface area contributed by atoms with Gasteiger partial charge >= 0.3 is 0 Å². The molecule has 0 bridgehead atoms. The first-order chi connectivity index (χ1) is 7.63. The van der Waals surface area contributed by atoms with Gasteiger partial charge in [-0.15, -0.1) is 0 Å². The van der Waals surface area contributed by atoms with Gasteiger partial charge in [0.05, 0.1) is 10.6 Å². The summed E-state index contributed by atoms with van der Waals surface area (Å²) in [5.41, 5.74) is 6.94. The lowest BCUT2D eigenvalue weighted by molar-refractivity contribution is 0.111. The van der Waals surface area contributed by atoms with E-state index in [1.807, 2.05) is 6.92 Å². The number of halogens is 1. The molecule has 16 heavy (non-hydrogen) atoms. The largest absolute Gasteiger partial charge is 0.453 e. The Morgan fingerprint density at radius 1 is 1.56 bits per heavy atom. The minimum absolute atomic E-state index is 0.00792. The topological polar surface area (TPSA) is 61.6 Å². The van der Waals surface area contributed by atoms with Crippen LogP contribution in [0.3, 0.4) is 0 Å². The van der Waals surface area contributed by atoms with Crippen molar-refractivity contribution in [2.75, 3.05) is 6.79 Å². The molecule has 0 fully saturated rings. The Bertz CT molecular complexity index is 432. The van der Waals surface area contributed by atoms with Gasteiger partial charge in [-0.1, -0.05) is 11.6 Å². The van der Waals surface area contributed by atoms with E-state index in [-0.39, 0.29) is 12.8 Å². The molecule has 1 aromatic rings. The zero-order chi connectivity index (χ0) is 11.7. The van der Waals surface area contributed by atoms with Crippen LogP contribution in [0.5, 0.6) is 11.5 Å². The van der Waals surface area contributed by atoms with E-state index >= 15 is 0 Å². The molecule has 0 radical (unpaired) electrons. The fourth-order valence-electron chi connectivity index (χ4n) is 1.73. The van der Waals surface area contributed by atoms with Gasteiger partial charge in [-0.2, -0.15) is 0 Å². The second-order valence-electron chi connectivity index (χ2n) is 3.80. The van der Waals surface area contributed by atoms with E-state index in [0.717, 1.165) is 5.56 Å². The van der Waals surface area contributed by atoms with Crippen LogP contribution in [0.1, 0.15) is 22.8 Å². The van der Waals surface area contributed by atoms with Gasteiger partial charge in [0, 0.05) is 11.6 Å². The zero-order valence-electron chi connectivity index (χ0n) is 8.83. The SMILES string of the molecule is CC(N)Cc1cc(Cl)c(C=O)c2c1OCO2. The average molecular weight is 242 g/mol. The third-order valence-corrected chi connectivity index (χ3v) is 2.68. The highest BCUT2D eigenvalue weighted by Crippen LogP contribution is 2.42. The molecule has 1 unspecified atom stereocenters. The molecule has 0 aromatic heterocycles. The summed E-state index contributed by atoms with van der Waals surface area (Å²) < 4.78 is 10.6. The van der Waals surface area contributed by atoms with Crippen molar-refractivity contribution in [2.45, 2.75) is 19.4 Å². The molecule has 1 aromatic carbocycles. The lowest BCUT2D eigenvalue weighted by Gasteiger charge is -2.10. The van der Waals surface area contributed by atoms with Crippen LogP contribution >= 0.6 is 11.6 Å². The van der Waals surface area contributed by atoms with Gasteiger partial charge in [-0.25, -0.2) is 0 Å². The number of fused-ring (bicyclic) bond motifs is 1. The number of nitrogens with two attached hydrogens (primary N) is 1. The standard InChI is InChI=1S/C11H12ClNO3/c1-6(13)2-7-3-9(12)8(4-14)11-10(7)15-5-16-11/h3-4,6H,2,5,13H2,1H3. The number of ether oxygens (including phenoxy) is 2. The third-order valence-electron chi connectivity index (χ3n) is 2.37. The molecule has 86 valence electrons. The minimum atomic E-state index is -0.00792. The van der Waals surface area contributed by atoms with Crippen LogP contribution in [0.2, 0.25) is 5.02 Å². The average Bonchev–Trinajstić information content (AvgIpc) is 2.66. The lowest BCUT2D eigenvalue weighted by Crippen LogP contribution is -2.18. The second-order valence-corrected chi connectivity index (χ2v) is 4.20. The smallest absolute Gasteiger partial charge is 0.231 e. The van der Waals surface area contributed by atoms with Crippen LogP contribution in [0.15, 0.2) is 6.07 Å². The molecule has 2 rings (SSSR count). The number of hydrogen-bond donors (Lipinski definition) is 1. The Morgan fingerprint density at radius 3 is 2.88 bits per heavy atom. The van der Waals surface area contributed by atoms with E-state index in [1.165, 1.54) is 0 Å². The Kier molecular flexibility index (Phi) is 3.03. The van der Waals surface area contributed by atoms with E-state index in [2.05, 4.69) is 0 Å². The normalized spacial score (nSPS) is 14.9. The van der Waals surface area contributed by atoms with Crippen molar-refractivity contribution in [2.24, 2.45) is 5.73 Å². The maximum atomic E-state index is 10.9. The summed E-state index contributed by atoms with van der Waals surface area (Å²) in [5.74, 6) is 1.02. The van der Waals surface area contributed by atoms with Crippen molar-refractivity contribution >= 4 is 17.9 Å². The van der Waals surface area contributed by atoms with E-state index in [0.29, 0.717) is 34.8 Å². The van der Waals surface area contributed by atoms with Crippen molar-refractivity contribution in [3.05, 3.63) is 22.2 Å². The highest BCUT2D eigenvalue weighted by Gasteiger charge is 2.24. The van der Waals surface area contributed by atoms with Crippen LogP contribution < -0.4 is 15.2 Å². The molecule has 1 aliphatic heterocycles. The fourth-order valence-corrected chi connectivity index (χ4v) is 1.99. The van der Waals surface area contributed by atoms with Crippen LogP contribution in [-0.2, 0) is 6.42 Å². The van der Waals surface area contributed by atoms with Gasteiger partial charge in [0.25, 0.3) is 0 Å². The van der Waals surface area contributed by atoms with Crippen LogP contribution in [-0.4, -0.2) is 19.1 Å². The lowest BCUT2D eigenvalue weighted by atomic mass is 10.0. The second kappa shape index (κ2) is 4.31. The fraction of sp³-hybridized carbons (Fsp3) is 0.364.